The molecule has 0 fully saturated rings. The lowest BCUT2D eigenvalue weighted by Gasteiger charge is -2.11. The van der Waals surface area contributed by atoms with Crippen LogP contribution in [-0.4, -0.2) is 30.9 Å². The van der Waals surface area contributed by atoms with Crippen molar-refractivity contribution in [2.45, 2.75) is 26.7 Å². The Bertz CT molecular complexity index is 1160. The lowest BCUT2D eigenvalue weighted by atomic mass is 10.1. The number of carbonyl (C=O) groups is 3. The first-order valence-corrected chi connectivity index (χ1v) is 11.3. The van der Waals surface area contributed by atoms with Gasteiger partial charge < -0.3 is 14.8 Å². The summed E-state index contributed by atoms with van der Waals surface area (Å²) >= 11 is 0. The van der Waals surface area contributed by atoms with Crippen LogP contribution in [0.3, 0.4) is 0 Å². The molecule has 3 aromatic carbocycles. The zero-order chi connectivity index (χ0) is 25.0. The van der Waals surface area contributed by atoms with Crippen LogP contribution in [0.4, 0.5) is 5.69 Å². The molecule has 3 N–H and O–H groups in total. The third-order valence-electron chi connectivity index (χ3n) is 5.15. The average molecular weight is 476 g/mol. The SMILES string of the molecule is Cc1ccc(NC(=O)CCC(=O)NNC(=O)c2cccc(OCCOc3ccccc3)c2)cc1C. The van der Waals surface area contributed by atoms with Crippen molar-refractivity contribution in [3.8, 4) is 11.5 Å². The minimum Gasteiger partial charge on any atom is -0.490 e. The van der Waals surface area contributed by atoms with Crippen molar-refractivity contribution in [1.82, 2.24) is 10.9 Å². The summed E-state index contributed by atoms with van der Waals surface area (Å²) in [6, 6.07) is 21.6. The molecule has 3 amide bonds. The zero-order valence-corrected chi connectivity index (χ0v) is 19.8. The highest BCUT2D eigenvalue weighted by molar-refractivity contribution is 5.96. The van der Waals surface area contributed by atoms with Crippen LogP contribution in [0.25, 0.3) is 0 Å². The Labute approximate surface area is 204 Å². The summed E-state index contributed by atoms with van der Waals surface area (Å²) in [4.78, 5) is 36.5. The van der Waals surface area contributed by atoms with Crippen LogP contribution in [0.15, 0.2) is 72.8 Å². The van der Waals surface area contributed by atoms with Crippen LogP contribution < -0.4 is 25.6 Å². The van der Waals surface area contributed by atoms with E-state index >= 15 is 0 Å². The third kappa shape index (κ3) is 8.51. The Hall–Kier alpha value is -4.33. The molecule has 0 atom stereocenters. The summed E-state index contributed by atoms with van der Waals surface area (Å²) in [5.41, 5.74) is 7.88. The molecule has 0 aliphatic rings. The van der Waals surface area contributed by atoms with Crippen molar-refractivity contribution < 1.29 is 23.9 Å². The number of anilines is 1. The van der Waals surface area contributed by atoms with Crippen molar-refractivity contribution >= 4 is 23.4 Å². The summed E-state index contributed by atoms with van der Waals surface area (Å²) in [7, 11) is 0. The van der Waals surface area contributed by atoms with E-state index in [4.69, 9.17) is 9.47 Å². The number of amides is 3. The molecule has 182 valence electrons. The topological polar surface area (TPSA) is 106 Å². The second kappa shape index (κ2) is 12.8. The standard InChI is InChI=1S/C27H29N3O5/c1-19-11-12-22(17-20(19)2)28-25(31)13-14-26(32)29-30-27(33)21-7-6-10-24(18-21)35-16-15-34-23-8-4-3-5-9-23/h3-12,17-18H,13-16H2,1-2H3,(H,28,31)(H,29,32)(H,30,33). The molecule has 35 heavy (non-hydrogen) atoms. The van der Waals surface area contributed by atoms with Gasteiger partial charge in [-0.15, -0.1) is 0 Å². The molecule has 0 aliphatic heterocycles. The summed E-state index contributed by atoms with van der Waals surface area (Å²) in [6.07, 6.45) is -0.0788. The fourth-order valence-electron chi connectivity index (χ4n) is 3.09. The van der Waals surface area contributed by atoms with E-state index in [9.17, 15) is 14.4 Å². The smallest absolute Gasteiger partial charge is 0.269 e. The highest BCUT2D eigenvalue weighted by Gasteiger charge is 2.11. The van der Waals surface area contributed by atoms with Crippen LogP contribution in [0, 0.1) is 13.8 Å². The van der Waals surface area contributed by atoms with E-state index in [2.05, 4.69) is 16.2 Å². The molecule has 0 saturated carbocycles. The molecule has 0 unspecified atom stereocenters. The van der Waals surface area contributed by atoms with Gasteiger partial charge in [0.25, 0.3) is 5.91 Å². The van der Waals surface area contributed by atoms with Crippen LogP contribution in [-0.2, 0) is 9.59 Å². The van der Waals surface area contributed by atoms with E-state index in [1.807, 2.05) is 62.4 Å². The molecule has 3 aromatic rings. The predicted octanol–water partition coefficient (Wildman–Crippen LogP) is 3.94. The van der Waals surface area contributed by atoms with Crippen LogP contribution in [0.2, 0.25) is 0 Å². The van der Waals surface area contributed by atoms with Crippen LogP contribution >= 0.6 is 0 Å². The van der Waals surface area contributed by atoms with Gasteiger partial charge in [0.2, 0.25) is 11.8 Å². The quantitative estimate of drug-likeness (QED) is 0.304. The highest BCUT2D eigenvalue weighted by atomic mass is 16.5. The molecule has 0 aliphatic carbocycles. The van der Waals surface area contributed by atoms with Crippen molar-refractivity contribution in [2.75, 3.05) is 18.5 Å². The van der Waals surface area contributed by atoms with Gasteiger partial charge in [0.1, 0.15) is 24.7 Å². The van der Waals surface area contributed by atoms with E-state index < -0.39 is 11.8 Å². The number of benzene rings is 3. The summed E-state index contributed by atoms with van der Waals surface area (Å²) < 4.78 is 11.2. The molecule has 0 spiro atoms. The van der Waals surface area contributed by atoms with E-state index in [0.29, 0.717) is 30.2 Å². The Kier molecular flexibility index (Phi) is 9.24. The van der Waals surface area contributed by atoms with Gasteiger partial charge in [0.05, 0.1) is 0 Å². The maximum atomic E-state index is 12.4. The van der Waals surface area contributed by atoms with Gasteiger partial charge in [0, 0.05) is 24.1 Å². The van der Waals surface area contributed by atoms with Gasteiger partial charge in [-0.2, -0.15) is 0 Å². The Balaban J connectivity index is 1.37. The van der Waals surface area contributed by atoms with Gasteiger partial charge in [-0.3, -0.25) is 25.2 Å². The molecule has 0 radical (unpaired) electrons. The summed E-state index contributed by atoms with van der Waals surface area (Å²) in [6.45, 7) is 4.61. The van der Waals surface area contributed by atoms with Crippen LogP contribution in [0.1, 0.15) is 34.3 Å². The van der Waals surface area contributed by atoms with Crippen LogP contribution in [0.5, 0.6) is 11.5 Å². The van der Waals surface area contributed by atoms with Crippen molar-refractivity contribution in [3.05, 3.63) is 89.5 Å². The molecule has 3 rings (SSSR count). The van der Waals surface area contributed by atoms with Gasteiger partial charge >= 0.3 is 0 Å². The number of aryl methyl sites for hydroxylation is 2. The predicted molar refractivity (Wildman–Crippen MR) is 133 cm³/mol. The van der Waals surface area contributed by atoms with Gasteiger partial charge in [-0.25, -0.2) is 0 Å². The Morgan fingerprint density at radius 1 is 0.686 bits per heavy atom. The first-order valence-electron chi connectivity index (χ1n) is 11.3. The lowest BCUT2D eigenvalue weighted by Crippen LogP contribution is -2.41. The molecule has 8 nitrogen and oxygen atoms in total. The minimum absolute atomic E-state index is 0.0109. The molecule has 0 bridgehead atoms. The number of hydrazine groups is 1. The number of carbonyl (C=O) groups excluding carboxylic acids is 3. The normalized spacial score (nSPS) is 10.2. The largest absolute Gasteiger partial charge is 0.490 e. The molecule has 8 heteroatoms. The van der Waals surface area contributed by atoms with E-state index in [1.54, 1.807) is 24.3 Å². The van der Waals surface area contributed by atoms with Crippen molar-refractivity contribution in [1.29, 1.82) is 0 Å². The Morgan fingerprint density at radius 3 is 2.11 bits per heavy atom. The third-order valence-corrected chi connectivity index (χ3v) is 5.15. The summed E-state index contributed by atoms with van der Waals surface area (Å²) in [5.74, 6) is 0.00476. The lowest BCUT2D eigenvalue weighted by molar-refractivity contribution is -0.124. The number of nitrogens with one attached hydrogen (secondary N) is 3. The first-order chi connectivity index (χ1) is 16.9. The summed E-state index contributed by atoms with van der Waals surface area (Å²) in [5, 5.41) is 2.76. The second-order valence-electron chi connectivity index (χ2n) is 7.89. The fraction of sp³-hybridized carbons (Fsp3) is 0.222. The zero-order valence-electron chi connectivity index (χ0n) is 19.8. The minimum atomic E-state index is -0.496. The first kappa shape index (κ1) is 25.3. The van der Waals surface area contributed by atoms with Crippen molar-refractivity contribution in [3.63, 3.8) is 0 Å². The highest BCUT2D eigenvalue weighted by Crippen LogP contribution is 2.15. The number of ether oxygens (including phenoxy) is 2. The number of hydrogen-bond donors (Lipinski definition) is 3. The second-order valence-corrected chi connectivity index (χ2v) is 7.89. The van der Waals surface area contributed by atoms with Gasteiger partial charge in [-0.05, 0) is 67.4 Å². The van der Waals surface area contributed by atoms with E-state index in [-0.39, 0.29) is 18.7 Å². The molecule has 0 aromatic heterocycles. The average Bonchev–Trinajstić information content (AvgIpc) is 2.87. The van der Waals surface area contributed by atoms with E-state index in [1.165, 1.54) is 0 Å². The maximum absolute atomic E-state index is 12.4. The van der Waals surface area contributed by atoms with E-state index in [0.717, 1.165) is 16.9 Å². The number of hydrogen-bond acceptors (Lipinski definition) is 5. The molecular weight excluding hydrogens is 446 g/mol. The Morgan fingerprint density at radius 2 is 1.37 bits per heavy atom. The molecule has 0 heterocycles. The number of rotatable bonds is 10. The van der Waals surface area contributed by atoms with Gasteiger partial charge in [0.15, 0.2) is 0 Å². The fourth-order valence-corrected chi connectivity index (χ4v) is 3.09. The molecular formula is C27H29N3O5. The number of para-hydroxylation sites is 1. The maximum Gasteiger partial charge on any atom is 0.269 e. The molecule has 0 saturated heterocycles. The van der Waals surface area contributed by atoms with Gasteiger partial charge in [-0.1, -0.05) is 30.3 Å². The monoisotopic (exact) mass is 475 g/mol. The van der Waals surface area contributed by atoms with Crippen molar-refractivity contribution in [2.24, 2.45) is 0 Å².